The van der Waals surface area contributed by atoms with Crippen molar-refractivity contribution in [3.63, 3.8) is 0 Å². The van der Waals surface area contributed by atoms with Crippen LogP contribution in [0.5, 0.6) is 0 Å². The molecule has 0 saturated heterocycles. The van der Waals surface area contributed by atoms with Gasteiger partial charge >= 0.3 is 0 Å². The van der Waals surface area contributed by atoms with Crippen LogP contribution in [-0.4, -0.2) is 0 Å². The third-order valence-electron chi connectivity index (χ3n) is 10.1. The predicted octanol–water partition coefficient (Wildman–Crippen LogP) is 11.1. The van der Waals surface area contributed by atoms with Crippen LogP contribution in [0.3, 0.4) is 0 Å². The van der Waals surface area contributed by atoms with E-state index in [1.807, 2.05) is 0 Å². The summed E-state index contributed by atoms with van der Waals surface area (Å²) in [7, 11) is 0. The summed E-state index contributed by atoms with van der Waals surface area (Å²) in [5.74, 6) is 0.646. The van der Waals surface area contributed by atoms with Crippen LogP contribution in [0.4, 0.5) is 11.4 Å². The number of fused-ring (bicyclic) bond motifs is 4. The zero-order chi connectivity index (χ0) is 28.6. The number of hydrogen-bond donors (Lipinski definition) is 1. The fourth-order valence-electron chi connectivity index (χ4n) is 7.65. The minimum Gasteiger partial charge on any atom is -0.355 e. The monoisotopic (exact) mass is 527 g/mol. The summed E-state index contributed by atoms with van der Waals surface area (Å²) in [6.45, 7) is 21.2. The van der Waals surface area contributed by atoms with E-state index >= 15 is 0 Å². The van der Waals surface area contributed by atoms with Crippen LogP contribution in [0.15, 0.2) is 60.7 Å². The van der Waals surface area contributed by atoms with Crippen LogP contribution in [-0.2, 0) is 17.3 Å². The van der Waals surface area contributed by atoms with E-state index in [1.54, 1.807) is 11.1 Å². The number of rotatable bonds is 3. The first-order valence-electron chi connectivity index (χ1n) is 15.2. The topological polar surface area (TPSA) is 12.0 Å². The predicted molar refractivity (Wildman–Crippen MR) is 173 cm³/mol. The molecule has 1 unspecified atom stereocenters. The van der Waals surface area contributed by atoms with Crippen molar-refractivity contribution in [2.45, 2.75) is 98.3 Å². The molecule has 4 aromatic rings. The highest BCUT2D eigenvalue weighted by atomic mass is 14.9. The van der Waals surface area contributed by atoms with Crippen LogP contribution in [0.1, 0.15) is 105 Å². The van der Waals surface area contributed by atoms with Gasteiger partial charge in [0, 0.05) is 22.4 Å². The second kappa shape index (κ2) is 9.37. The van der Waals surface area contributed by atoms with Crippen molar-refractivity contribution in [3.05, 3.63) is 105 Å². The highest BCUT2D eigenvalue weighted by Gasteiger charge is 2.35. The van der Waals surface area contributed by atoms with Crippen molar-refractivity contribution in [2.24, 2.45) is 0 Å². The third kappa shape index (κ3) is 4.12. The summed E-state index contributed by atoms with van der Waals surface area (Å²) < 4.78 is 0. The summed E-state index contributed by atoms with van der Waals surface area (Å²) in [6, 6.07) is 23.0. The van der Waals surface area contributed by atoms with Crippen LogP contribution in [0, 0.1) is 20.8 Å². The number of hydrogen-bond acceptors (Lipinski definition) is 1. The fourth-order valence-corrected chi connectivity index (χ4v) is 7.65. The zero-order valence-electron chi connectivity index (χ0n) is 26.0. The van der Waals surface area contributed by atoms with Crippen LogP contribution >= 0.6 is 0 Å². The lowest BCUT2D eigenvalue weighted by Gasteiger charge is -2.31. The van der Waals surface area contributed by atoms with Gasteiger partial charge in [-0.2, -0.15) is 0 Å². The molecule has 0 amide bonds. The van der Waals surface area contributed by atoms with Crippen LogP contribution in [0.25, 0.3) is 22.3 Å². The molecule has 40 heavy (non-hydrogen) atoms. The standard InChI is InChI=1S/C39H45N/c1-23-13-12-15-29-26(4)37(25(3)24(2)36(23)29)32-21-27(38(5,6)7)17-20-35(32)40-28-18-19-34-31(22-28)30-14-10-11-16-33(30)39(34,8)9/h10-11,14,16-23,40H,12-13,15H2,1-9H3. The largest absolute Gasteiger partial charge is 0.355 e. The molecular weight excluding hydrogens is 482 g/mol. The highest BCUT2D eigenvalue weighted by Crippen LogP contribution is 2.50. The van der Waals surface area contributed by atoms with Gasteiger partial charge in [-0.15, -0.1) is 0 Å². The number of anilines is 2. The first-order chi connectivity index (χ1) is 18.9. The maximum absolute atomic E-state index is 3.90. The van der Waals surface area contributed by atoms with Crippen molar-refractivity contribution in [2.75, 3.05) is 5.32 Å². The Balaban J connectivity index is 1.52. The third-order valence-corrected chi connectivity index (χ3v) is 10.1. The van der Waals surface area contributed by atoms with Gasteiger partial charge in [0.25, 0.3) is 0 Å². The zero-order valence-corrected chi connectivity index (χ0v) is 26.0. The Labute approximate surface area is 242 Å². The molecule has 0 saturated carbocycles. The molecule has 6 rings (SSSR count). The maximum atomic E-state index is 3.90. The molecule has 1 nitrogen and oxygen atoms in total. The first kappa shape index (κ1) is 26.9. The van der Waals surface area contributed by atoms with Gasteiger partial charge in [0.05, 0.1) is 0 Å². The van der Waals surface area contributed by atoms with Crippen molar-refractivity contribution in [3.8, 4) is 22.3 Å². The molecule has 0 aromatic heterocycles. The molecule has 2 aliphatic carbocycles. The van der Waals surface area contributed by atoms with E-state index in [1.165, 1.54) is 80.6 Å². The summed E-state index contributed by atoms with van der Waals surface area (Å²) in [4.78, 5) is 0. The Morgan fingerprint density at radius 2 is 1.50 bits per heavy atom. The molecule has 0 heterocycles. The SMILES string of the molecule is Cc1c(C)c2c(c(C)c1-c1cc(C(C)(C)C)ccc1Nc1ccc3c(c1)-c1ccccc1C3(C)C)CCCC2C. The van der Waals surface area contributed by atoms with Gasteiger partial charge in [-0.05, 0) is 137 Å². The summed E-state index contributed by atoms with van der Waals surface area (Å²) in [5, 5.41) is 3.90. The van der Waals surface area contributed by atoms with Crippen molar-refractivity contribution < 1.29 is 0 Å². The molecule has 0 aliphatic heterocycles. The van der Waals surface area contributed by atoms with Gasteiger partial charge in [-0.1, -0.05) is 77.9 Å². The van der Waals surface area contributed by atoms with Crippen molar-refractivity contribution >= 4 is 11.4 Å². The van der Waals surface area contributed by atoms with Gasteiger partial charge in [0.15, 0.2) is 0 Å². The molecule has 2 aliphatic rings. The Hall–Kier alpha value is -3.32. The lowest BCUT2D eigenvalue weighted by atomic mass is 9.74. The quantitative estimate of drug-likeness (QED) is 0.279. The Morgan fingerprint density at radius 3 is 2.25 bits per heavy atom. The van der Waals surface area contributed by atoms with E-state index in [4.69, 9.17) is 0 Å². The second-order valence-electron chi connectivity index (χ2n) is 14.0. The van der Waals surface area contributed by atoms with Crippen molar-refractivity contribution in [1.82, 2.24) is 0 Å². The first-order valence-corrected chi connectivity index (χ1v) is 15.2. The maximum Gasteiger partial charge on any atom is 0.0464 e. The smallest absolute Gasteiger partial charge is 0.0464 e. The summed E-state index contributed by atoms with van der Waals surface area (Å²) in [5.41, 5.74) is 19.7. The second-order valence-corrected chi connectivity index (χ2v) is 14.0. The molecule has 0 spiro atoms. The van der Waals surface area contributed by atoms with Gasteiger partial charge in [0.1, 0.15) is 0 Å². The number of benzene rings is 4. The fraction of sp³-hybridized carbons (Fsp3) is 0.385. The van der Waals surface area contributed by atoms with Crippen LogP contribution < -0.4 is 5.32 Å². The Kier molecular flexibility index (Phi) is 6.30. The molecule has 206 valence electrons. The minimum absolute atomic E-state index is 0.0238. The van der Waals surface area contributed by atoms with E-state index in [9.17, 15) is 0 Å². The van der Waals surface area contributed by atoms with Crippen LogP contribution in [0.2, 0.25) is 0 Å². The lowest BCUT2D eigenvalue weighted by molar-refractivity contribution is 0.584. The highest BCUT2D eigenvalue weighted by molar-refractivity contribution is 5.89. The lowest BCUT2D eigenvalue weighted by Crippen LogP contribution is -2.15. The summed E-state index contributed by atoms with van der Waals surface area (Å²) in [6.07, 6.45) is 3.79. The van der Waals surface area contributed by atoms with Gasteiger partial charge in [0.2, 0.25) is 0 Å². The van der Waals surface area contributed by atoms with Gasteiger partial charge in [-0.25, -0.2) is 0 Å². The summed E-state index contributed by atoms with van der Waals surface area (Å²) >= 11 is 0. The average Bonchev–Trinajstić information content (AvgIpc) is 3.14. The van der Waals surface area contributed by atoms with E-state index in [-0.39, 0.29) is 10.8 Å². The molecular formula is C39H45N. The molecule has 1 atom stereocenters. The van der Waals surface area contributed by atoms with E-state index in [2.05, 4.69) is 128 Å². The molecule has 0 fully saturated rings. The molecule has 0 bridgehead atoms. The number of nitrogens with one attached hydrogen (secondary N) is 1. The Bertz CT molecular complexity index is 1640. The Morgan fingerprint density at radius 1 is 0.775 bits per heavy atom. The van der Waals surface area contributed by atoms with Crippen molar-refractivity contribution in [1.29, 1.82) is 0 Å². The molecule has 0 radical (unpaired) electrons. The van der Waals surface area contributed by atoms with E-state index in [0.717, 1.165) is 5.69 Å². The molecule has 1 N–H and O–H groups in total. The van der Waals surface area contributed by atoms with E-state index in [0.29, 0.717) is 5.92 Å². The minimum atomic E-state index is 0.0238. The van der Waals surface area contributed by atoms with E-state index < -0.39 is 0 Å². The average molecular weight is 528 g/mol. The van der Waals surface area contributed by atoms with Gasteiger partial charge < -0.3 is 5.32 Å². The molecule has 1 heteroatoms. The van der Waals surface area contributed by atoms with Gasteiger partial charge in [-0.3, -0.25) is 0 Å². The molecule has 4 aromatic carbocycles. The normalized spacial score (nSPS) is 17.3.